The molecule has 88 valence electrons. The number of ether oxygens (including phenoxy) is 1. The van der Waals surface area contributed by atoms with E-state index in [1.54, 1.807) is 0 Å². The number of hydrogen-bond donors (Lipinski definition) is 1. The van der Waals surface area contributed by atoms with Gasteiger partial charge in [-0.2, -0.15) is 0 Å². The minimum absolute atomic E-state index is 0.106. The second kappa shape index (κ2) is 4.40. The molecule has 2 atom stereocenters. The van der Waals surface area contributed by atoms with Gasteiger partial charge in [-0.15, -0.1) is 0 Å². The lowest BCUT2D eigenvalue weighted by Gasteiger charge is -2.46. The number of piperidine rings is 1. The number of nitrogens with one attached hydrogen (secondary N) is 1. The van der Waals surface area contributed by atoms with Crippen molar-refractivity contribution >= 4 is 0 Å². The summed E-state index contributed by atoms with van der Waals surface area (Å²) in [4.78, 5) is 2.60. The van der Waals surface area contributed by atoms with Crippen LogP contribution in [-0.2, 0) is 4.74 Å². The van der Waals surface area contributed by atoms with Crippen molar-refractivity contribution in [1.82, 2.24) is 10.2 Å². The van der Waals surface area contributed by atoms with Crippen molar-refractivity contribution in [3.05, 3.63) is 0 Å². The van der Waals surface area contributed by atoms with Crippen molar-refractivity contribution in [1.29, 1.82) is 0 Å². The molecule has 0 saturated carbocycles. The van der Waals surface area contributed by atoms with Gasteiger partial charge in [0.1, 0.15) is 5.72 Å². The average Bonchev–Trinajstić information content (AvgIpc) is 2.66. The highest BCUT2D eigenvalue weighted by molar-refractivity contribution is 4.95. The predicted molar refractivity (Wildman–Crippen MR) is 61.8 cm³/mol. The zero-order valence-corrected chi connectivity index (χ0v) is 10.3. The summed E-state index contributed by atoms with van der Waals surface area (Å²) in [5.74, 6) is 0. The summed E-state index contributed by atoms with van der Waals surface area (Å²) in [6.45, 7) is 9.87. The SMILES string of the molecule is CC(C)N1CCCCC1C1(C)NCCO1. The molecule has 2 aliphatic rings. The Kier molecular flexibility index (Phi) is 3.33. The largest absolute Gasteiger partial charge is 0.358 e. The van der Waals surface area contributed by atoms with Gasteiger partial charge in [0, 0.05) is 12.6 Å². The second-order valence-corrected chi connectivity index (χ2v) is 5.23. The Balaban J connectivity index is 2.09. The number of likely N-dealkylation sites (tertiary alicyclic amines) is 1. The lowest BCUT2D eigenvalue weighted by molar-refractivity contribution is -0.0865. The molecule has 0 amide bonds. The van der Waals surface area contributed by atoms with Crippen LogP contribution >= 0.6 is 0 Å². The Labute approximate surface area is 93.2 Å². The van der Waals surface area contributed by atoms with Gasteiger partial charge in [0.15, 0.2) is 0 Å². The lowest BCUT2D eigenvalue weighted by atomic mass is 9.92. The van der Waals surface area contributed by atoms with Crippen LogP contribution < -0.4 is 5.32 Å². The molecule has 0 spiro atoms. The first kappa shape index (κ1) is 11.4. The molecule has 3 heteroatoms. The first-order valence-corrected chi connectivity index (χ1v) is 6.28. The van der Waals surface area contributed by atoms with Gasteiger partial charge in [-0.05, 0) is 40.2 Å². The normalized spacial score (nSPS) is 38.8. The highest BCUT2D eigenvalue weighted by Gasteiger charge is 2.42. The van der Waals surface area contributed by atoms with E-state index in [1.807, 2.05) is 0 Å². The summed E-state index contributed by atoms with van der Waals surface area (Å²) in [6.07, 6.45) is 3.95. The molecule has 2 heterocycles. The maximum absolute atomic E-state index is 5.91. The van der Waals surface area contributed by atoms with Gasteiger partial charge in [0.25, 0.3) is 0 Å². The maximum Gasteiger partial charge on any atom is 0.132 e. The highest BCUT2D eigenvalue weighted by atomic mass is 16.5. The molecule has 0 radical (unpaired) electrons. The van der Waals surface area contributed by atoms with Crippen LogP contribution in [-0.4, -0.2) is 42.4 Å². The smallest absolute Gasteiger partial charge is 0.132 e. The molecule has 1 N–H and O–H groups in total. The molecule has 0 aromatic heterocycles. The van der Waals surface area contributed by atoms with E-state index >= 15 is 0 Å². The highest BCUT2D eigenvalue weighted by Crippen LogP contribution is 2.30. The van der Waals surface area contributed by atoms with Crippen LogP contribution in [0.3, 0.4) is 0 Å². The van der Waals surface area contributed by atoms with Crippen molar-refractivity contribution in [3.8, 4) is 0 Å². The summed E-state index contributed by atoms with van der Waals surface area (Å²) in [7, 11) is 0. The minimum atomic E-state index is -0.106. The van der Waals surface area contributed by atoms with Gasteiger partial charge in [0.2, 0.25) is 0 Å². The molecule has 0 aliphatic carbocycles. The second-order valence-electron chi connectivity index (χ2n) is 5.23. The maximum atomic E-state index is 5.91. The molecule has 2 fully saturated rings. The van der Waals surface area contributed by atoms with E-state index in [9.17, 15) is 0 Å². The standard InChI is InChI=1S/C12H24N2O/c1-10(2)14-8-5-4-6-11(14)12(3)13-7-9-15-12/h10-11,13H,4-9H2,1-3H3. The van der Waals surface area contributed by atoms with E-state index in [1.165, 1.54) is 25.8 Å². The summed E-state index contributed by atoms with van der Waals surface area (Å²) < 4.78 is 5.91. The van der Waals surface area contributed by atoms with E-state index in [-0.39, 0.29) is 5.72 Å². The summed E-state index contributed by atoms with van der Waals surface area (Å²) in [6, 6.07) is 1.17. The van der Waals surface area contributed by atoms with Crippen LogP contribution in [0.5, 0.6) is 0 Å². The van der Waals surface area contributed by atoms with E-state index in [4.69, 9.17) is 4.74 Å². The molecule has 0 aromatic carbocycles. The molecular weight excluding hydrogens is 188 g/mol. The van der Waals surface area contributed by atoms with Crippen molar-refractivity contribution in [2.75, 3.05) is 19.7 Å². The number of rotatable bonds is 2. The summed E-state index contributed by atoms with van der Waals surface area (Å²) >= 11 is 0. The fourth-order valence-electron chi connectivity index (χ4n) is 2.99. The molecule has 2 unspecified atom stereocenters. The zero-order chi connectivity index (χ0) is 10.9. The number of nitrogens with zero attached hydrogens (tertiary/aromatic N) is 1. The van der Waals surface area contributed by atoms with E-state index in [2.05, 4.69) is 31.0 Å². The fourth-order valence-corrected chi connectivity index (χ4v) is 2.99. The topological polar surface area (TPSA) is 24.5 Å². The van der Waals surface area contributed by atoms with Crippen molar-refractivity contribution in [3.63, 3.8) is 0 Å². The van der Waals surface area contributed by atoms with Crippen molar-refractivity contribution < 1.29 is 4.74 Å². The molecular formula is C12H24N2O. The first-order valence-electron chi connectivity index (χ1n) is 6.28. The molecule has 0 aromatic rings. The summed E-state index contributed by atoms with van der Waals surface area (Å²) in [5, 5.41) is 3.52. The van der Waals surface area contributed by atoms with Gasteiger partial charge in [0.05, 0.1) is 12.6 Å². The molecule has 0 bridgehead atoms. The Morgan fingerprint density at radius 1 is 1.40 bits per heavy atom. The van der Waals surface area contributed by atoms with E-state index < -0.39 is 0 Å². The van der Waals surface area contributed by atoms with Gasteiger partial charge < -0.3 is 4.74 Å². The van der Waals surface area contributed by atoms with Crippen LogP contribution in [0.4, 0.5) is 0 Å². The van der Waals surface area contributed by atoms with Crippen LogP contribution in [0.2, 0.25) is 0 Å². The molecule has 3 nitrogen and oxygen atoms in total. The average molecular weight is 212 g/mol. The third kappa shape index (κ3) is 2.19. The Bertz CT molecular complexity index is 212. The molecule has 2 saturated heterocycles. The molecule has 2 aliphatic heterocycles. The minimum Gasteiger partial charge on any atom is -0.358 e. The lowest BCUT2D eigenvalue weighted by Crippen LogP contribution is -2.60. The van der Waals surface area contributed by atoms with Gasteiger partial charge in [-0.25, -0.2) is 0 Å². The van der Waals surface area contributed by atoms with Gasteiger partial charge in [-0.3, -0.25) is 10.2 Å². The zero-order valence-electron chi connectivity index (χ0n) is 10.3. The van der Waals surface area contributed by atoms with Crippen LogP contribution in [0.25, 0.3) is 0 Å². The predicted octanol–water partition coefficient (Wildman–Crippen LogP) is 1.59. The van der Waals surface area contributed by atoms with Crippen molar-refractivity contribution in [2.45, 2.75) is 57.8 Å². The van der Waals surface area contributed by atoms with Crippen molar-refractivity contribution in [2.24, 2.45) is 0 Å². The molecule has 15 heavy (non-hydrogen) atoms. The Morgan fingerprint density at radius 2 is 2.20 bits per heavy atom. The Morgan fingerprint density at radius 3 is 2.80 bits per heavy atom. The van der Waals surface area contributed by atoms with E-state index in [0.29, 0.717) is 12.1 Å². The Hall–Kier alpha value is -0.120. The van der Waals surface area contributed by atoms with Crippen LogP contribution in [0.15, 0.2) is 0 Å². The third-order valence-corrected chi connectivity index (χ3v) is 3.82. The van der Waals surface area contributed by atoms with Crippen LogP contribution in [0, 0.1) is 0 Å². The van der Waals surface area contributed by atoms with E-state index in [0.717, 1.165) is 13.2 Å². The van der Waals surface area contributed by atoms with Gasteiger partial charge in [-0.1, -0.05) is 6.42 Å². The third-order valence-electron chi connectivity index (χ3n) is 3.82. The molecule has 2 rings (SSSR count). The fraction of sp³-hybridized carbons (Fsp3) is 1.00. The monoisotopic (exact) mass is 212 g/mol. The van der Waals surface area contributed by atoms with Crippen LogP contribution in [0.1, 0.15) is 40.0 Å². The van der Waals surface area contributed by atoms with Gasteiger partial charge >= 0.3 is 0 Å². The quantitative estimate of drug-likeness (QED) is 0.752. The summed E-state index contributed by atoms with van der Waals surface area (Å²) in [5.41, 5.74) is -0.106. The number of hydrogen-bond acceptors (Lipinski definition) is 3. The first-order chi connectivity index (χ1) is 7.13.